The minimum Gasteiger partial charge on any atom is -0.492 e. The van der Waals surface area contributed by atoms with Crippen molar-refractivity contribution in [2.45, 2.75) is 39.0 Å². The van der Waals surface area contributed by atoms with Crippen molar-refractivity contribution in [3.63, 3.8) is 0 Å². The van der Waals surface area contributed by atoms with Gasteiger partial charge in [-0.05, 0) is 47.2 Å². The van der Waals surface area contributed by atoms with E-state index in [0.29, 0.717) is 36.0 Å². The monoisotopic (exact) mass is 393 g/mol. The van der Waals surface area contributed by atoms with Crippen LogP contribution in [0.15, 0.2) is 42.5 Å². The molecule has 0 radical (unpaired) electrons. The van der Waals surface area contributed by atoms with E-state index in [1.807, 2.05) is 12.1 Å². The molecule has 5 heteroatoms. The third-order valence-corrected chi connectivity index (χ3v) is 4.79. The van der Waals surface area contributed by atoms with E-state index in [-0.39, 0.29) is 11.3 Å². The fourth-order valence-corrected chi connectivity index (χ4v) is 3.10. The highest BCUT2D eigenvalue weighted by atomic mass is 35.5. The second-order valence-electron chi connectivity index (χ2n) is 7.17. The van der Waals surface area contributed by atoms with Gasteiger partial charge >= 0.3 is 0 Å². The number of carbonyl (C=O) groups excluding carboxylic acids is 1. The molecule has 140 valence electrons. The van der Waals surface area contributed by atoms with Crippen molar-refractivity contribution in [3.05, 3.63) is 63.6 Å². The molecule has 0 saturated carbocycles. The van der Waals surface area contributed by atoms with E-state index in [4.69, 9.17) is 27.9 Å². The summed E-state index contributed by atoms with van der Waals surface area (Å²) in [6.45, 7) is 7.40. The van der Waals surface area contributed by atoms with Gasteiger partial charge < -0.3 is 10.1 Å². The van der Waals surface area contributed by atoms with Gasteiger partial charge in [0.15, 0.2) is 0 Å². The maximum Gasteiger partial charge on any atom is 0.220 e. The molecule has 0 aliphatic rings. The molecule has 0 unspecified atom stereocenters. The summed E-state index contributed by atoms with van der Waals surface area (Å²) >= 11 is 12.2. The van der Waals surface area contributed by atoms with Crippen LogP contribution in [0.3, 0.4) is 0 Å². The molecule has 0 spiro atoms. The fourth-order valence-electron chi connectivity index (χ4n) is 2.51. The van der Waals surface area contributed by atoms with Gasteiger partial charge in [0, 0.05) is 16.5 Å². The van der Waals surface area contributed by atoms with E-state index in [1.54, 1.807) is 18.2 Å². The normalized spacial score (nSPS) is 11.3. The smallest absolute Gasteiger partial charge is 0.220 e. The average Bonchev–Trinajstić information content (AvgIpc) is 2.58. The van der Waals surface area contributed by atoms with E-state index in [1.165, 1.54) is 5.56 Å². The molecular weight excluding hydrogens is 369 g/mol. The van der Waals surface area contributed by atoms with E-state index in [0.717, 1.165) is 11.3 Å². The lowest BCUT2D eigenvalue weighted by atomic mass is 9.87. The summed E-state index contributed by atoms with van der Waals surface area (Å²) in [5, 5.41) is 4.03. The number of nitrogens with one attached hydrogen (secondary N) is 1. The van der Waals surface area contributed by atoms with Crippen molar-refractivity contribution in [2.75, 3.05) is 13.2 Å². The molecule has 0 atom stereocenters. The Bertz CT molecular complexity index is 716. The Kier molecular flexibility index (Phi) is 7.36. The van der Waals surface area contributed by atoms with Crippen LogP contribution in [0.4, 0.5) is 0 Å². The summed E-state index contributed by atoms with van der Waals surface area (Å²) in [4.78, 5) is 12.0. The number of benzene rings is 2. The van der Waals surface area contributed by atoms with E-state index >= 15 is 0 Å². The highest BCUT2D eigenvalue weighted by Gasteiger charge is 2.13. The van der Waals surface area contributed by atoms with Crippen LogP contribution in [0.1, 0.15) is 38.3 Å². The zero-order valence-corrected chi connectivity index (χ0v) is 17.0. The molecule has 2 aromatic rings. The van der Waals surface area contributed by atoms with E-state index in [2.05, 4.69) is 38.2 Å². The van der Waals surface area contributed by atoms with Gasteiger partial charge in [-0.25, -0.2) is 0 Å². The van der Waals surface area contributed by atoms with Crippen molar-refractivity contribution in [1.82, 2.24) is 5.32 Å². The Hall–Kier alpha value is -1.71. The lowest BCUT2D eigenvalue weighted by Gasteiger charge is -2.19. The number of ether oxygens (including phenoxy) is 1. The van der Waals surface area contributed by atoms with Crippen LogP contribution >= 0.6 is 23.2 Å². The second kappa shape index (κ2) is 9.29. The summed E-state index contributed by atoms with van der Waals surface area (Å²) in [7, 11) is 0. The molecule has 0 bridgehead atoms. The first-order valence-corrected chi connectivity index (χ1v) is 9.46. The molecule has 1 N–H and O–H groups in total. The average molecular weight is 394 g/mol. The van der Waals surface area contributed by atoms with Crippen LogP contribution in [0.5, 0.6) is 5.75 Å². The maximum atomic E-state index is 12.0. The lowest BCUT2D eigenvalue weighted by molar-refractivity contribution is -0.121. The van der Waals surface area contributed by atoms with Crippen LogP contribution in [0, 0.1) is 0 Å². The Morgan fingerprint density at radius 1 is 1.04 bits per heavy atom. The molecule has 0 saturated heterocycles. The van der Waals surface area contributed by atoms with Gasteiger partial charge in [-0.2, -0.15) is 0 Å². The minimum atomic E-state index is -0.0485. The number of carbonyl (C=O) groups is 1. The third kappa shape index (κ3) is 6.22. The van der Waals surface area contributed by atoms with Crippen molar-refractivity contribution in [2.24, 2.45) is 0 Å². The SMILES string of the molecule is CC(C)(C)c1ccc(OCCNC(=O)CCc2c(Cl)cccc2Cl)cc1. The first-order chi connectivity index (χ1) is 12.3. The maximum absolute atomic E-state index is 12.0. The quantitative estimate of drug-likeness (QED) is 0.637. The summed E-state index contributed by atoms with van der Waals surface area (Å²) in [5.41, 5.74) is 2.19. The van der Waals surface area contributed by atoms with Gasteiger partial charge in [-0.1, -0.05) is 62.2 Å². The Balaban J connectivity index is 1.70. The first-order valence-electron chi connectivity index (χ1n) is 8.70. The fraction of sp³-hybridized carbons (Fsp3) is 0.381. The molecule has 2 aromatic carbocycles. The zero-order chi connectivity index (χ0) is 19.2. The highest BCUT2D eigenvalue weighted by Crippen LogP contribution is 2.25. The Labute approximate surface area is 165 Å². The summed E-state index contributed by atoms with van der Waals surface area (Å²) < 4.78 is 5.67. The highest BCUT2D eigenvalue weighted by molar-refractivity contribution is 6.36. The predicted molar refractivity (Wildman–Crippen MR) is 108 cm³/mol. The van der Waals surface area contributed by atoms with Gasteiger partial charge in [0.05, 0.1) is 6.54 Å². The van der Waals surface area contributed by atoms with Gasteiger partial charge in [0.1, 0.15) is 12.4 Å². The summed E-state index contributed by atoms with van der Waals surface area (Å²) in [6.07, 6.45) is 0.850. The minimum absolute atomic E-state index is 0.0485. The van der Waals surface area contributed by atoms with Crippen molar-refractivity contribution < 1.29 is 9.53 Å². The van der Waals surface area contributed by atoms with Gasteiger partial charge in [0.2, 0.25) is 5.91 Å². The number of hydrogen-bond donors (Lipinski definition) is 1. The molecule has 0 fully saturated rings. The molecule has 0 aliphatic carbocycles. The van der Waals surface area contributed by atoms with Crippen LogP contribution in [-0.2, 0) is 16.6 Å². The molecule has 1 amide bonds. The zero-order valence-electron chi connectivity index (χ0n) is 15.4. The van der Waals surface area contributed by atoms with Crippen LogP contribution in [-0.4, -0.2) is 19.1 Å². The van der Waals surface area contributed by atoms with Gasteiger partial charge in [0.25, 0.3) is 0 Å². The number of halogens is 2. The molecular formula is C21H25Cl2NO2. The summed E-state index contributed by atoms with van der Waals surface area (Å²) in [5.74, 6) is 0.753. The van der Waals surface area contributed by atoms with Crippen LogP contribution < -0.4 is 10.1 Å². The second-order valence-corrected chi connectivity index (χ2v) is 7.99. The van der Waals surface area contributed by atoms with Crippen LogP contribution in [0.25, 0.3) is 0 Å². The van der Waals surface area contributed by atoms with Crippen molar-refractivity contribution >= 4 is 29.1 Å². The Morgan fingerprint density at radius 3 is 2.23 bits per heavy atom. The number of rotatable bonds is 7. The molecule has 0 heterocycles. The molecule has 0 aliphatic heterocycles. The number of hydrogen-bond acceptors (Lipinski definition) is 2. The number of amides is 1. The molecule has 3 nitrogen and oxygen atoms in total. The standard InChI is InChI=1S/C21H25Cl2NO2/c1-21(2,3)15-7-9-16(10-8-15)26-14-13-24-20(25)12-11-17-18(22)5-4-6-19(17)23/h4-10H,11-14H2,1-3H3,(H,24,25). The largest absolute Gasteiger partial charge is 0.492 e. The summed E-state index contributed by atoms with van der Waals surface area (Å²) in [6, 6.07) is 13.4. The topological polar surface area (TPSA) is 38.3 Å². The molecule has 26 heavy (non-hydrogen) atoms. The first kappa shape index (κ1) is 20.6. The lowest BCUT2D eigenvalue weighted by Crippen LogP contribution is -2.28. The van der Waals surface area contributed by atoms with Gasteiger partial charge in [-0.3, -0.25) is 4.79 Å². The van der Waals surface area contributed by atoms with E-state index in [9.17, 15) is 4.79 Å². The predicted octanol–water partition coefficient (Wildman–Crippen LogP) is 5.42. The van der Waals surface area contributed by atoms with Crippen LogP contribution in [0.2, 0.25) is 10.0 Å². The van der Waals surface area contributed by atoms with Crippen molar-refractivity contribution in [3.8, 4) is 5.75 Å². The molecule has 0 aromatic heterocycles. The van der Waals surface area contributed by atoms with Gasteiger partial charge in [-0.15, -0.1) is 0 Å². The molecule has 2 rings (SSSR count). The van der Waals surface area contributed by atoms with Crippen molar-refractivity contribution in [1.29, 1.82) is 0 Å². The third-order valence-electron chi connectivity index (χ3n) is 4.08. The Morgan fingerprint density at radius 2 is 1.65 bits per heavy atom. The van der Waals surface area contributed by atoms with E-state index < -0.39 is 0 Å².